The Bertz CT molecular complexity index is 263. The molecule has 1 aliphatic carbocycles. The van der Waals surface area contributed by atoms with E-state index in [1.807, 2.05) is 0 Å². The Morgan fingerprint density at radius 2 is 2.18 bits per heavy atom. The van der Waals surface area contributed by atoms with Gasteiger partial charge in [0.2, 0.25) is 5.91 Å². The van der Waals surface area contributed by atoms with Crippen molar-refractivity contribution in [2.75, 3.05) is 19.6 Å². The summed E-state index contributed by atoms with van der Waals surface area (Å²) in [6.07, 6.45) is 3.64. The molecule has 0 aromatic heterocycles. The largest absolute Gasteiger partial charge is 0.352 e. The van der Waals surface area contributed by atoms with Crippen LogP contribution in [-0.2, 0) is 4.79 Å². The Morgan fingerprint density at radius 1 is 1.35 bits per heavy atom. The number of carbonyl (C=O) groups excluding carboxylic acids is 1. The van der Waals surface area contributed by atoms with Gasteiger partial charge in [0.1, 0.15) is 0 Å². The molecule has 4 atom stereocenters. The van der Waals surface area contributed by atoms with Gasteiger partial charge < -0.3 is 16.0 Å². The summed E-state index contributed by atoms with van der Waals surface area (Å²) in [4.78, 5) is 12.1. The number of carbonyl (C=O) groups is 1. The molecule has 1 saturated heterocycles. The molecule has 0 spiro atoms. The zero-order chi connectivity index (χ0) is 12.3. The van der Waals surface area contributed by atoms with E-state index in [0.29, 0.717) is 12.0 Å². The average Bonchev–Trinajstić information content (AvgIpc) is 2.71. The predicted octanol–water partition coefficient (Wildman–Crippen LogP) is 0.489. The van der Waals surface area contributed by atoms with Crippen molar-refractivity contribution in [2.24, 2.45) is 11.8 Å². The van der Waals surface area contributed by atoms with Crippen molar-refractivity contribution < 1.29 is 4.79 Å². The fourth-order valence-electron chi connectivity index (χ4n) is 3.15. The van der Waals surface area contributed by atoms with E-state index in [2.05, 4.69) is 29.8 Å². The number of hydrogen-bond donors (Lipinski definition) is 3. The fourth-order valence-corrected chi connectivity index (χ4v) is 3.15. The van der Waals surface area contributed by atoms with Gasteiger partial charge in [-0.2, -0.15) is 0 Å². The molecule has 98 valence electrons. The highest BCUT2D eigenvalue weighted by molar-refractivity contribution is 5.82. The van der Waals surface area contributed by atoms with Crippen molar-refractivity contribution in [3.8, 4) is 0 Å². The van der Waals surface area contributed by atoms with E-state index in [1.54, 1.807) is 0 Å². The maximum Gasteiger partial charge on any atom is 0.238 e. The van der Waals surface area contributed by atoms with Crippen molar-refractivity contribution in [3.05, 3.63) is 0 Å². The first-order valence-electron chi connectivity index (χ1n) is 6.96. The second-order valence-electron chi connectivity index (χ2n) is 5.43. The molecule has 1 heterocycles. The van der Waals surface area contributed by atoms with Gasteiger partial charge in [0, 0.05) is 25.7 Å². The van der Waals surface area contributed by atoms with E-state index in [4.69, 9.17) is 0 Å². The summed E-state index contributed by atoms with van der Waals surface area (Å²) in [6.45, 7) is 7.12. The molecule has 3 N–H and O–H groups in total. The monoisotopic (exact) mass is 239 g/mol. The minimum Gasteiger partial charge on any atom is -0.352 e. The van der Waals surface area contributed by atoms with Crippen molar-refractivity contribution in [1.82, 2.24) is 16.0 Å². The zero-order valence-corrected chi connectivity index (χ0v) is 11.0. The molecule has 4 heteroatoms. The lowest BCUT2D eigenvalue weighted by molar-refractivity contribution is -0.124. The quantitative estimate of drug-likeness (QED) is 0.672. The molecule has 0 aromatic rings. The first-order valence-corrected chi connectivity index (χ1v) is 6.96. The number of nitrogens with one attached hydrogen (secondary N) is 3. The standard InChI is InChI=1S/C13H25N3O/c1-3-10-4-5-11(9(10)2)16-13(17)12-8-14-6-7-15-12/h9-12,14-15H,3-8H2,1-2H3,(H,16,17). The van der Waals surface area contributed by atoms with Gasteiger partial charge in [-0.25, -0.2) is 0 Å². The SMILES string of the molecule is CCC1CCC(NC(=O)C2CNCCN2)C1C. The topological polar surface area (TPSA) is 53.2 Å². The van der Waals surface area contributed by atoms with Crippen molar-refractivity contribution in [3.63, 3.8) is 0 Å². The maximum absolute atomic E-state index is 12.1. The Hall–Kier alpha value is -0.610. The van der Waals surface area contributed by atoms with Crippen molar-refractivity contribution >= 4 is 5.91 Å². The Morgan fingerprint density at radius 3 is 2.76 bits per heavy atom. The smallest absolute Gasteiger partial charge is 0.238 e. The first-order chi connectivity index (χ1) is 8.22. The van der Waals surface area contributed by atoms with Crippen LogP contribution in [0.1, 0.15) is 33.1 Å². The summed E-state index contributed by atoms with van der Waals surface area (Å²) in [6, 6.07) is 0.341. The summed E-state index contributed by atoms with van der Waals surface area (Å²) in [5.74, 6) is 1.59. The summed E-state index contributed by atoms with van der Waals surface area (Å²) in [5, 5.41) is 9.73. The fraction of sp³-hybridized carbons (Fsp3) is 0.923. The third-order valence-corrected chi connectivity index (χ3v) is 4.44. The van der Waals surface area contributed by atoms with Gasteiger partial charge >= 0.3 is 0 Å². The summed E-state index contributed by atoms with van der Waals surface area (Å²) in [5.41, 5.74) is 0. The normalized spacial score (nSPS) is 38.0. The second kappa shape index (κ2) is 5.83. The van der Waals surface area contributed by atoms with Gasteiger partial charge in [0.25, 0.3) is 0 Å². The highest BCUT2D eigenvalue weighted by Crippen LogP contribution is 2.33. The van der Waals surface area contributed by atoms with Gasteiger partial charge in [-0.3, -0.25) is 4.79 Å². The molecule has 17 heavy (non-hydrogen) atoms. The predicted molar refractivity (Wildman–Crippen MR) is 68.8 cm³/mol. The van der Waals surface area contributed by atoms with Crippen LogP contribution in [0.4, 0.5) is 0 Å². The third kappa shape index (κ3) is 2.99. The molecule has 0 aromatic carbocycles. The van der Waals surface area contributed by atoms with E-state index in [0.717, 1.165) is 32.0 Å². The van der Waals surface area contributed by atoms with Crippen molar-refractivity contribution in [2.45, 2.75) is 45.2 Å². The number of hydrogen-bond acceptors (Lipinski definition) is 3. The van der Waals surface area contributed by atoms with E-state index in [-0.39, 0.29) is 11.9 Å². The van der Waals surface area contributed by atoms with Gasteiger partial charge in [0.05, 0.1) is 6.04 Å². The molecule has 2 fully saturated rings. The van der Waals surface area contributed by atoms with Crippen LogP contribution in [0.25, 0.3) is 0 Å². The highest BCUT2D eigenvalue weighted by Gasteiger charge is 2.33. The van der Waals surface area contributed by atoms with Gasteiger partial charge in [-0.05, 0) is 24.7 Å². The van der Waals surface area contributed by atoms with Crippen LogP contribution in [0.2, 0.25) is 0 Å². The van der Waals surface area contributed by atoms with Crippen LogP contribution in [0.15, 0.2) is 0 Å². The van der Waals surface area contributed by atoms with Crippen molar-refractivity contribution in [1.29, 1.82) is 0 Å². The molecule has 4 unspecified atom stereocenters. The first kappa shape index (κ1) is 12.8. The molecule has 2 aliphatic rings. The lowest BCUT2D eigenvalue weighted by Crippen LogP contribution is -2.57. The molecule has 0 bridgehead atoms. The van der Waals surface area contributed by atoms with Gasteiger partial charge in [0.15, 0.2) is 0 Å². The minimum atomic E-state index is -0.0448. The van der Waals surface area contributed by atoms with Crippen LogP contribution >= 0.6 is 0 Å². The molecular formula is C13H25N3O. The number of amides is 1. The lowest BCUT2D eigenvalue weighted by atomic mass is 9.93. The Balaban J connectivity index is 1.82. The summed E-state index contributed by atoms with van der Waals surface area (Å²) in [7, 11) is 0. The molecule has 0 radical (unpaired) electrons. The maximum atomic E-state index is 12.1. The van der Waals surface area contributed by atoms with E-state index >= 15 is 0 Å². The van der Waals surface area contributed by atoms with Crippen LogP contribution < -0.4 is 16.0 Å². The number of piperazine rings is 1. The molecule has 1 aliphatic heterocycles. The molecule has 1 amide bonds. The Kier molecular flexibility index (Phi) is 4.40. The van der Waals surface area contributed by atoms with E-state index in [1.165, 1.54) is 12.8 Å². The molecule has 4 nitrogen and oxygen atoms in total. The van der Waals surface area contributed by atoms with Crippen LogP contribution in [0, 0.1) is 11.8 Å². The van der Waals surface area contributed by atoms with Crippen LogP contribution in [-0.4, -0.2) is 37.6 Å². The molecule has 1 saturated carbocycles. The third-order valence-electron chi connectivity index (χ3n) is 4.44. The average molecular weight is 239 g/mol. The molecular weight excluding hydrogens is 214 g/mol. The van der Waals surface area contributed by atoms with Crippen LogP contribution in [0.5, 0.6) is 0 Å². The number of rotatable bonds is 3. The highest BCUT2D eigenvalue weighted by atomic mass is 16.2. The van der Waals surface area contributed by atoms with Gasteiger partial charge in [-0.15, -0.1) is 0 Å². The summed E-state index contributed by atoms with van der Waals surface area (Å²) >= 11 is 0. The summed E-state index contributed by atoms with van der Waals surface area (Å²) < 4.78 is 0. The zero-order valence-electron chi connectivity index (χ0n) is 11.0. The molecule has 2 rings (SSSR count). The van der Waals surface area contributed by atoms with Crippen LogP contribution in [0.3, 0.4) is 0 Å². The van der Waals surface area contributed by atoms with E-state index < -0.39 is 0 Å². The van der Waals surface area contributed by atoms with E-state index in [9.17, 15) is 4.79 Å². The minimum absolute atomic E-state index is 0.0448. The van der Waals surface area contributed by atoms with Gasteiger partial charge in [-0.1, -0.05) is 20.3 Å². The lowest BCUT2D eigenvalue weighted by Gasteiger charge is -2.27. The Labute approximate surface area is 104 Å². The second-order valence-corrected chi connectivity index (χ2v) is 5.43.